The first-order valence-electron chi connectivity index (χ1n) is 5.71. The molecule has 1 amide bonds. The number of halogens is 3. The molecular formula is C12H10Br3NO4. The van der Waals surface area contributed by atoms with Gasteiger partial charge in [-0.15, -0.1) is 0 Å². The van der Waals surface area contributed by atoms with Crippen molar-refractivity contribution in [3.05, 3.63) is 25.6 Å². The summed E-state index contributed by atoms with van der Waals surface area (Å²) in [6.07, 6.45) is -1.60. The largest absolute Gasteiger partial charge is 0.464 e. The minimum Gasteiger partial charge on any atom is -0.464 e. The smallest absolute Gasteiger partial charge is 0.338 e. The molecule has 0 spiro atoms. The molecule has 20 heavy (non-hydrogen) atoms. The fraction of sp³-hybridized carbons (Fsp3) is 0.333. The number of carbonyl (C=O) groups excluding carboxylic acids is 2. The molecule has 1 aliphatic heterocycles. The third kappa shape index (κ3) is 3.60. The molecule has 0 aromatic heterocycles. The van der Waals surface area contributed by atoms with E-state index in [-0.39, 0.29) is 12.5 Å². The van der Waals surface area contributed by atoms with Gasteiger partial charge in [-0.25, -0.2) is 4.79 Å². The van der Waals surface area contributed by atoms with Crippen LogP contribution in [0.25, 0.3) is 0 Å². The van der Waals surface area contributed by atoms with Gasteiger partial charge in [-0.1, -0.05) is 15.9 Å². The van der Waals surface area contributed by atoms with Crippen LogP contribution in [0.2, 0.25) is 0 Å². The van der Waals surface area contributed by atoms with E-state index in [2.05, 4.69) is 53.1 Å². The number of benzene rings is 1. The van der Waals surface area contributed by atoms with Crippen molar-refractivity contribution in [2.75, 3.05) is 11.9 Å². The first-order chi connectivity index (χ1) is 9.43. The standard InChI is InChI=1S/C12H10Br3NO4/c1-2-19-12(18)10-9(20-10)11(17)16-8-6(14)3-5(13)4-7(8)15/h3-4,9-10H,2H2,1H3,(H,16,17). The van der Waals surface area contributed by atoms with Crippen LogP contribution >= 0.6 is 47.8 Å². The van der Waals surface area contributed by atoms with Gasteiger partial charge in [0.1, 0.15) is 0 Å². The van der Waals surface area contributed by atoms with Crippen molar-refractivity contribution in [2.45, 2.75) is 19.1 Å². The molecule has 8 heteroatoms. The van der Waals surface area contributed by atoms with Gasteiger partial charge in [0.05, 0.1) is 12.3 Å². The van der Waals surface area contributed by atoms with Gasteiger partial charge < -0.3 is 14.8 Å². The number of esters is 1. The van der Waals surface area contributed by atoms with E-state index in [4.69, 9.17) is 9.47 Å². The van der Waals surface area contributed by atoms with Crippen LogP contribution in [0.15, 0.2) is 25.6 Å². The van der Waals surface area contributed by atoms with Crippen LogP contribution in [0.5, 0.6) is 0 Å². The van der Waals surface area contributed by atoms with Gasteiger partial charge in [0.15, 0.2) is 12.2 Å². The quantitative estimate of drug-likeness (QED) is 0.541. The number of hydrogen-bond acceptors (Lipinski definition) is 4. The molecule has 0 radical (unpaired) electrons. The number of nitrogens with one attached hydrogen (secondary N) is 1. The Balaban J connectivity index is 2.02. The van der Waals surface area contributed by atoms with Crippen LogP contribution in [0, 0.1) is 0 Å². The van der Waals surface area contributed by atoms with Crippen molar-refractivity contribution in [3.8, 4) is 0 Å². The second-order valence-corrected chi connectivity index (χ2v) is 6.59. The lowest BCUT2D eigenvalue weighted by Crippen LogP contribution is -2.24. The highest BCUT2D eigenvalue weighted by molar-refractivity contribution is 9.11. The normalized spacial score (nSPS) is 20.4. The Labute approximate surface area is 140 Å². The summed E-state index contributed by atoms with van der Waals surface area (Å²) in [5, 5.41) is 2.71. The van der Waals surface area contributed by atoms with E-state index >= 15 is 0 Å². The summed E-state index contributed by atoms with van der Waals surface area (Å²) < 4.78 is 12.1. The maximum absolute atomic E-state index is 12.0. The average molecular weight is 472 g/mol. The second kappa shape index (κ2) is 6.55. The topological polar surface area (TPSA) is 67.9 Å². The minimum atomic E-state index is -0.803. The average Bonchev–Trinajstić information content (AvgIpc) is 3.14. The predicted molar refractivity (Wildman–Crippen MR) is 83.5 cm³/mol. The lowest BCUT2D eigenvalue weighted by Gasteiger charge is -2.09. The third-order valence-electron chi connectivity index (χ3n) is 2.52. The SMILES string of the molecule is CCOC(=O)C1OC1C(=O)Nc1c(Br)cc(Br)cc1Br. The monoisotopic (exact) mass is 469 g/mol. The van der Waals surface area contributed by atoms with Crippen molar-refractivity contribution in [1.82, 2.24) is 0 Å². The van der Waals surface area contributed by atoms with Gasteiger partial charge in [0, 0.05) is 13.4 Å². The zero-order valence-electron chi connectivity index (χ0n) is 10.3. The second-order valence-electron chi connectivity index (χ2n) is 3.96. The van der Waals surface area contributed by atoms with E-state index in [1.807, 2.05) is 0 Å². The van der Waals surface area contributed by atoms with Crippen molar-refractivity contribution in [1.29, 1.82) is 0 Å². The van der Waals surface area contributed by atoms with Crippen molar-refractivity contribution in [3.63, 3.8) is 0 Å². The molecule has 2 unspecified atom stereocenters. The number of hydrogen-bond donors (Lipinski definition) is 1. The summed E-state index contributed by atoms with van der Waals surface area (Å²) in [5.74, 6) is -0.895. The van der Waals surface area contributed by atoms with E-state index < -0.39 is 18.2 Å². The van der Waals surface area contributed by atoms with Crippen LogP contribution in [0.3, 0.4) is 0 Å². The Morgan fingerprint density at radius 2 is 1.85 bits per heavy atom. The van der Waals surface area contributed by atoms with Crippen molar-refractivity contribution < 1.29 is 19.1 Å². The highest BCUT2D eigenvalue weighted by Gasteiger charge is 2.51. The van der Waals surface area contributed by atoms with Gasteiger partial charge in [0.2, 0.25) is 0 Å². The maximum atomic E-state index is 12.0. The molecule has 2 atom stereocenters. The molecule has 1 N–H and O–H groups in total. The zero-order chi connectivity index (χ0) is 14.9. The van der Waals surface area contributed by atoms with E-state index in [9.17, 15) is 9.59 Å². The zero-order valence-corrected chi connectivity index (χ0v) is 15.0. The highest BCUT2D eigenvalue weighted by atomic mass is 79.9. The van der Waals surface area contributed by atoms with Crippen LogP contribution in [0.4, 0.5) is 5.69 Å². The van der Waals surface area contributed by atoms with E-state index in [0.29, 0.717) is 14.6 Å². The number of carbonyl (C=O) groups is 2. The molecule has 108 valence electrons. The molecule has 1 aromatic rings. The predicted octanol–water partition coefficient (Wildman–Crippen LogP) is 3.24. The lowest BCUT2D eigenvalue weighted by molar-refractivity contribution is -0.144. The molecule has 0 aliphatic carbocycles. The lowest BCUT2D eigenvalue weighted by atomic mass is 10.2. The molecule has 0 saturated carbocycles. The van der Waals surface area contributed by atoms with Crippen LogP contribution in [0.1, 0.15) is 6.92 Å². The van der Waals surface area contributed by atoms with Gasteiger partial charge >= 0.3 is 5.97 Å². The van der Waals surface area contributed by atoms with Crippen LogP contribution in [-0.4, -0.2) is 30.7 Å². The molecule has 0 bridgehead atoms. The fourth-order valence-corrected chi connectivity index (χ4v) is 4.03. The molecule has 1 fully saturated rings. The Hall–Kier alpha value is -0.440. The molecular weight excluding hydrogens is 462 g/mol. The third-order valence-corrected chi connectivity index (χ3v) is 4.23. The van der Waals surface area contributed by atoms with Crippen LogP contribution < -0.4 is 5.32 Å². The number of rotatable bonds is 4. The first-order valence-corrected chi connectivity index (χ1v) is 8.09. The Bertz CT molecular complexity index is 541. The first kappa shape index (κ1) is 15.9. The summed E-state index contributed by atoms with van der Waals surface area (Å²) >= 11 is 10.1. The molecule has 1 saturated heterocycles. The number of epoxide rings is 1. The number of anilines is 1. The van der Waals surface area contributed by atoms with Gasteiger partial charge in [-0.2, -0.15) is 0 Å². The van der Waals surface area contributed by atoms with E-state index in [1.54, 1.807) is 19.1 Å². The summed E-state index contributed by atoms with van der Waals surface area (Å²) in [4.78, 5) is 23.4. The van der Waals surface area contributed by atoms with Crippen LogP contribution in [-0.2, 0) is 19.1 Å². The molecule has 1 aliphatic rings. The number of amides is 1. The van der Waals surface area contributed by atoms with Gasteiger partial charge in [0.25, 0.3) is 5.91 Å². The van der Waals surface area contributed by atoms with Gasteiger partial charge in [-0.05, 0) is 50.9 Å². The Morgan fingerprint density at radius 1 is 1.25 bits per heavy atom. The molecule has 2 rings (SSSR count). The Kier molecular flexibility index (Phi) is 5.22. The maximum Gasteiger partial charge on any atom is 0.338 e. The minimum absolute atomic E-state index is 0.261. The summed E-state index contributed by atoms with van der Waals surface area (Å²) in [7, 11) is 0. The summed E-state index contributed by atoms with van der Waals surface area (Å²) in [5.41, 5.74) is 0.580. The summed E-state index contributed by atoms with van der Waals surface area (Å²) in [6.45, 7) is 1.96. The Morgan fingerprint density at radius 3 is 2.40 bits per heavy atom. The van der Waals surface area contributed by atoms with Gasteiger partial charge in [-0.3, -0.25) is 4.79 Å². The van der Waals surface area contributed by atoms with Crippen molar-refractivity contribution >= 4 is 65.4 Å². The molecule has 5 nitrogen and oxygen atoms in total. The van der Waals surface area contributed by atoms with E-state index in [1.165, 1.54) is 0 Å². The summed E-state index contributed by atoms with van der Waals surface area (Å²) in [6, 6.07) is 3.61. The number of ether oxygens (including phenoxy) is 2. The molecule has 1 aromatic carbocycles. The highest BCUT2D eigenvalue weighted by Crippen LogP contribution is 2.35. The van der Waals surface area contributed by atoms with E-state index in [0.717, 1.165) is 4.47 Å². The molecule has 1 heterocycles. The fourth-order valence-electron chi connectivity index (χ4n) is 1.57. The van der Waals surface area contributed by atoms with Crippen molar-refractivity contribution in [2.24, 2.45) is 0 Å².